The van der Waals surface area contributed by atoms with Crippen LogP contribution in [0.25, 0.3) is 0 Å². The van der Waals surface area contributed by atoms with E-state index in [0.29, 0.717) is 29.3 Å². The molecule has 1 aromatic carbocycles. The van der Waals surface area contributed by atoms with Crippen LogP contribution in [0.1, 0.15) is 150 Å². The number of rotatable bonds is 21. The maximum Gasteiger partial charge on any atom is 0.334 e. The largest absolute Gasteiger partial charge is 0.494 e. The summed E-state index contributed by atoms with van der Waals surface area (Å²) in [4.78, 5) is 28.3. The van der Waals surface area contributed by atoms with Crippen LogP contribution in [0, 0.1) is 5.92 Å². The predicted molar refractivity (Wildman–Crippen MR) is 181 cm³/mol. The van der Waals surface area contributed by atoms with Crippen LogP contribution >= 0.6 is 0 Å². The fraction of sp³-hybridized carbons (Fsp3) is 0.684. The summed E-state index contributed by atoms with van der Waals surface area (Å²) in [6.07, 6.45) is 17.3. The second kappa shape index (κ2) is 18.3. The summed E-state index contributed by atoms with van der Waals surface area (Å²) in [6, 6.07) is 5.77. The lowest BCUT2D eigenvalue weighted by Crippen LogP contribution is -2.50. The average Bonchev–Trinajstić information content (AvgIpc) is 2.94. The van der Waals surface area contributed by atoms with Crippen molar-refractivity contribution in [1.82, 2.24) is 4.90 Å². The molecular weight excluding hydrogens is 550 g/mol. The van der Waals surface area contributed by atoms with Crippen LogP contribution in [0.15, 0.2) is 40.7 Å². The highest BCUT2D eigenvalue weighted by Crippen LogP contribution is 2.55. The third-order valence-electron chi connectivity index (χ3n) is 9.40. The molecule has 0 saturated heterocycles. The number of carboxylic acid groups (broad SMARTS) is 2. The molecule has 1 heterocycles. The van der Waals surface area contributed by atoms with Crippen molar-refractivity contribution in [3.05, 3.63) is 51.9 Å². The Kier molecular flexibility index (Phi) is 15.5. The minimum Gasteiger partial charge on any atom is -0.494 e. The summed E-state index contributed by atoms with van der Waals surface area (Å²) in [5.41, 5.74) is 1.72. The minimum absolute atomic E-state index is 0.101. The summed E-state index contributed by atoms with van der Waals surface area (Å²) in [5.74, 6) is -1.96. The van der Waals surface area contributed by atoms with Crippen molar-refractivity contribution in [3.8, 4) is 5.75 Å². The Hall–Kier alpha value is -2.76. The van der Waals surface area contributed by atoms with E-state index < -0.39 is 17.4 Å². The zero-order valence-electron chi connectivity index (χ0n) is 29.1. The van der Waals surface area contributed by atoms with Crippen molar-refractivity contribution in [2.45, 2.75) is 157 Å². The Balaban J connectivity index is 2.38. The Labute approximate surface area is 268 Å². The van der Waals surface area contributed by atoms with E-state index in [1.165, 1.54) is 70.6 Å². The lowest BCUT2D eigenvalue weighted by molar-refractivity contribution is -0.135. The zero-order chi connectivity index (χ0) is 32.9. The molecule has 0 unspecified atom stereocenters. The standard InChI is InChI=1S/C38H61NO5/c1-9-11-12-13-14-15-16-17-18-19-20-21-22-24-31-25-23-26-32(44-10-2)35(31)38(27(3)4)33(36(40)41)29(7)39(28(5)6)30(8)34(38)37(42)43/h23,25-28H,9-22,24H2,1-8H3,(H,40,41)(H,42,43). The normalized spacial score (nSPS) is 15.1. The van der Waals surface area contributed by atoms with Crippen molar-refractivity contribution in [2.24, 2.45) is 5.92 Å². The van der Waals surface area contributed by atoms with Gasteiger partial charge in [-0.25, -0.2) is 9.59 Å². The van der Waals surface area contributed by atoms with Crippen LogP contribution < -0.4 is 4.74 Å². The molecule has 0 fully saturated rings. The lowest BCUT2D eigenvalue weighted by atomic mass is 9.58. The summed E-state index contributed by atoms with van der Waals surface area (Å²) < 4.78 is 6.18. The van der Waals surface area contributed by atoms with E-state index >= 15 is 0 Å². The van der Waals surface area contributed by atoms with E-state index in [1.807, 2.05) is 71.6 Å². The number of aliphatic carboxylic acids is 2. The van der Waals surface area contributed by atoms with Crippen LogP contribution in [0.5, 0.6) is 5.75 Å². The third-order valence-corrected chi connectivity index (χ3v) is 9.40. The summed E-state index contributed by atoms with van der Waals surface area (Å²) in [6.45, 7) is 16.0. The molecule has 44 heavy (non-hydrogen) atoms. The van der Waals surface area contributed by atoms with Gasteiger partial charge >= 0.3 is 11.9 Å². The number of hydrogen-bond acceptors (Lipinski definition) is 4. The van der Waals surface area contributed by atoms with Gasteiger partial charge in [-0.2, -0.15) is 0 Å². The first-order chi connectivity index (χ1) is 21.0. The number of carbonyl (C=O) groups is 2. The van der Waals surface area contributed by atoms with Crippen molar-refractivity contribution < 1.29 is 24.5 Å². The Morgan fingerprint density at radius 3 is 1.59 bits per heavy atom. The first-order valence-corrected chi connectivity index (χ1v) is 17.4. The van der Waals surface area contributed by atoms with Crippen LogP contribution in [-0.2, 0) is 21.4 Å². The Morgan fingerprint density at radius 1 is 0.750 bits per heavy atom. The van der Waals surface area contributed by atoms with Gasteiger partial charge in [0, 0.05) is 23.0 Å². The summed E-state index contributed by atoms with van der Waals surface area (Å²) in [7, 11) is 0. The van der Waals surface area contributed by atoms with Crippen molar-refractivity contribution in [2.75, 3.05) is 6.61 Å². The minimum atomic E-state index is -1.38. The molecule has 1 aliphatic rings. The smallest absolute Gasteiger partial charge is 0.334 e. The third kappa shape index (κ3) is 8.69. The van der Waals surface area contributed by atoms with E-state index in [9.17, 15) is 19.8 Å². The van der Waals surface area contributed by atoms with Gasteiger partial charge in [-0.15, -0.1) is 0 Å². The van der Waals surface area contributed by atoms with Gasteiger partial charge < -0.3 is 19.8 Å². The molecule has 0 bridgehead atoms. The number of ether oxygens (including phenoxy) is 1. The number of nitrogens with zero attached hydrogens (tertiary/aromatic N) is 1. The number of benzene rings is 1. The van der Waals surface area contributed by atoms with E-state index in [1.54, 1.807) is 0 Å². The molecular formula is C38H61NO5. The van der Waals surface area contributed by atoms with E-state index in [-0.39, 0.29) is 23.1 Å². The van der Waals surface area contributed by atoms with Crippen molar-refractivity contribution >= 4 is 11.9 Å². The van der Waals surface area contributed by atoms with E-state index in [2.05, 4.69) is 6.92 Å². The average molecular weight is 612 g/mol. The Bertz CT molecular complexity index is 1110. The van der Waals surface area contributed by atoms with Crippen LogP contribution in [0.2, 0.25) is 0 Å². The van der Waals surface area contributed by atoms with Gasteiger partial charge in [-0.05, 0) is 65.0 Å². The van der Waals surface area contributed by atoms with Gasteiger partial charge in [0.25, 0.3) is 0 Å². The molecule has 0 spiro atoms. The number of carboxylic acids is 2. The Morgan fingerprint density at radius 2 is 1.20 bits per heavy atom. The predicted octanol–water partition coefficient (Wildman–Crippen LogP) is 10.1. The van der Waals surface area contributed by atoms with Gasteiger partial charge in [0.2, 0.25) is 0 Å². The monoisotopic (exact) mass is 611 g/mol. The zero-order valence-corrected chi connectivity index (χ0v) is 29.1. The molecule has 248 valence electrons. The van der Waals surface area contributed by atoms with E-state index in [4.69, 9.17) is 4.74 Å². The van der Waals surface area contributed by atoms with Crippen LogP contribution in [-0.4, -0.2) is 39.7 Å². The molecule has 0 amide bonds. The quantitative estimate of drug-likeness (QED) is 0.135. The molecule has 0 saturated carbocycles. The maximum absolute atomic E-state index is 13.2. The fourth-order valence-corrected chi connectivity index (χ4v) is 7.57. The number of unbranched alkanes of at least 4 members (excludes halogenated alkanes) is 12. The maximum atomic E-state index is 13.2. The first kappa shape index (κ1) is 37.4. The highest BCUT2D eigenvalue weighted by molar-refractivity contribution is 6.01. The first-order valence-electron chi connectivity index (χ1n) is 17.4. The molecule has 1 aliphatic heterocycles. The number of aryl methyl sites for hydroxylation is 1. The molecule has 2 N–H and O–H groups in total. The molecule has 1 aromatic rings. The SMILES string of the molecule is CCCCCCCCCCCCCCCc1cccc(OCC)c1C1(C(C)C)C(C(=O)O)=C(C)N(C(C)C)C(C)=C1C(=O)O. The summed E-state index contributed by atoms with van der Waals surface area (Å²) in [5, 5.41) is 21.6. The molecule has 0 atom stereocenters. The fourth-order valence-electron chi connectivity index (χ4n) is 7.57. The van der Waals surface area contributed by atoms with Gasteiger partial charge in [0.15, 0.2) is 0 Å². The van der Waals surface area contributed by atoms with Gasteiger partial charge in [-0.3, -0.25) is 0 Å². The molecule has 2 rings (SSSR count). The molecule has 0 radical (unpaired) electrons. The second-order valence-corrected chi connectivity index (χ2v) is 13.2. The van der Waals surface area contributed by atoms with Crippen molar-refractivity contribution in [1.29, 1.82) is 0 Å². The molecule has 6 nitrogen and oxygen atoms in total. The molecule has 6 heteroatoms. The summed E-state index contributed by atoms with van der Waals surface area (Å²) >= 11 is 0. The highest BCUT2D eigenvalue weighted by Gasteiger charge is 2.56. The van der Waals surface area contributed by atoms with Crippen LogP contribution in [0.3, 0.4) is 0 Å². The molecule has 0 aliphatic carbocycles. The lowest BCUT2D eigenvalue weighted by Gasteiger charge is -2.49. The second-order valence-electron chi connectivity index (χ2n) is 13.2. The molecule has 0 aromatic heterocycles. The number of allylic oxidation sites excluding steroid dienone is 2. The van der Waals surface area contributed by atoms with Gasteiger partial charge in [-0.1, -0.05) is 110 Å². The number of hydrogen-bond donors (Lipinski definition) is 2. The highest BCUT2D eigenvalue weighted by atomic mass is 16.5. The topological polar surface area (TPSA) is 87.1 Å². The van der Waals surface area contributed by atoms with Gasteiger partial charge in [0.05, 0.1) is 23.2 Å². The van der Waals surface area contributed by atoms with Crippen molar-refractivity contribution in [3.63, 3.8) is 0 Å². The van der Waals surface area contributed by atoms with E-state index in [0.717, 1.165) is 24.8 Å². The van der Waals surface area contributed by atoms with Crippen LogP contribution in [0.4, 0.5) is 0 Å². The van der Waals surface area contributed by atoms with Gasteiger partial charge in [0.1, 0.15) is 5.75 Å².